The summed E-state index contributed by atoms with van der Waals surface area (Å²) in [6.07, 6.45) is 11.1. The zero-order valence-electron chi connectivity index (χ0n) is 8.22. The van der Waals surface area contributed by atoms with Gasteiger partial charge in [-0.05, 0) is 32.1 Å². The molecule has 0 radical (unpaired) electrons. The second-order valence-corrected chi connectivity index (χ2v) is 3.71. The van der Waals surface area contributed by atoms with Gasteiger partial charge in [-0.25, -0.2) is 0 Å². The van der Waals surface area contributed by atoms with Crippen molar-refractivity contribution in [1.29, 1.82) is 0 Å². The van der Waals surface area contributed by atoms with Gasteiger partial charge in [-0.2, -0.15) is 0 Å². The lowest BCUT2D eigenvalue weighted by Crippen LogP contribution is -2.07. The highest BCUT2D eigenvalue weighted by Crippen LogP contribution is 2.25. The van der Waals surface area contributed by atoms with Crippen molar-refractivity contribution in [2.24, 2.45) is 5.41 Å². The van der Waals surface area contributed by atoms with Crippen LogP contribution in [-0.2, 0) is 0 Å². The van der Waals surface area contributed by atoms with Crippen molar-refractivity contribution >= 4 is 0 Å². The molecule has 0 aliphatic carbocycles. The molecule has 11 heavy (non-hydrogen) atoms. The Balaban J connectivity index is 3.78. The van der Waals surface area contributed by atoms with E-state index < -0.39 is 0 Å². The molecule has 0 nitrogen and oxygen atoms in total. The van der Waals surface area contributed by atoms with Crippen LogP contribution in [0.15, 0.2) is 24.3 Å². The van der Waals surface area contributed by atoms with E-state index in [0.29, 0.717) is 5.41 Å². The van der Waals surface area contributed by atoms with Crippen LogP contribution in [0.25, 0.3) is 0 Å². The molecule has 0 fully saturated rings. The molecular formula is C11H20. The van der Waals surface area contributed by atoms with Crippen LogP contribution in [0.2, 0.25) is 0 Å². The van der Waals surface area contributed by atoms with Gasteiger partial charge in [-0.15, -0.1) is 0 Å². The third kappa shape index (κ3) is 5.90. The van der Waals surface area contributed by atoms with Gasteiger partial charge in [0.2, 0.25) is 0 Å². The summed E-state index contributed by atoms with van der Waals surface area (Å²) < 4.78 is 0. The summed E-state index contributed by atoms with van der Waals surface area (Å²) in [6.45, 7) is 8.75. The van der Waals surface area contributed by atoms with E-state index in [2.05, 4.69) is 52.0 Å². The lowest BCUT2D eigenvalue weighted by molar-refractivity contribution is 0.377. The van der Waals surface area contributed by atoms with Crippen molar-refractivity contribution in [3.05, 3.63) is 24.3 Å². The van der Waals surface area contributed by atoms with Gasteiger partial charge in [0.05, 0.1) is 0 Å². The second-order valence-electron chi connectivity index (χ2n) is 3.71. The molecule has 0 amide bonds. The first-order chi connectivity index (χ1) is 5.12. The van der Waals surface area contributed by atoms with Gasteiger partial charge < -0.3 is 0 Å². The van der Waals surface area contributed by atoms with E-state index in [4.69, 9.17) is 0 Å². The Morgan fingerprint density at radius 3 is 1.55 bits per heavy atom. The van der Waals surface area contributed by atoms with E-state index in [-0.39, 0.29) is 0 Å². The van der Waals surface area contributed by atoms with Crippen molar-refractivity contribution in [1.82, 2.24) is 0 Å². The lowest BCUT2D eigenvalue weighted by atomic mass is 9.85. The molecule has 0 rings (SSSR count). The number of allylic oxidation sites excluding steroid dienone is 4. The Hall–Kier alpha value is -0.520. The van der Waals surface area contributed by atoms with Crippen molar-refractivity contribution in [2.75, 3.05) is 0 Å². The van der Waals surface area contributed by atoms with Gasteiger partial charge in [-0.1, -0.05) is 38.2 Å². The molecule has 0 aromatic rings. The van der Waals surface area contributed by atoms with Crippen LogP contribution in [0.4, 0.5) is 0 Å². The summed E-state index contributed by atoms with van der Waals surface area (Å²) in [5.41, 5.74) is 0.430. The minimum Gasteiger partial charge on any atom is -0.0916 e. The molecule has 0 heteroatoms. The van der Waals surface area contributed by atoms with E-state index in [9.17, 15) is 0 Å². The summed E-state index contributed by atoms with van der Waals surface area (Å²) >= 11 is 0. The van der Waals surface area contributed by atoms with Gasteiger partial charge >= 0.3 is 0 Å². The third-order valence-corrected chi connectivity index (χ3v) is 1.81. The van der Waals surface area contributed by atoms with Gasteiger partial charge in [-0.3, -0.25) is 0 Å². The normalized spacial score (nSPS) is 13.5. The van der Waals surface area contributed by atoms with Crippen LogP contribution in [0, 0.1) is 5.41 Å². The molecule has 0 N–H and O–H groups in total. The first kappa shape index (κ1) is 10.5. The predicted octanol–water partition coefficient (Wildman–Crippen LogP) is 3.95. The number of hydrogen-bond acceptors (Lipinski definition) is 0. The Morgan fingerprint density at radius 2 is 1.27 bits per heavy atom. The molecule has 0 spiro atoms. The topological polar surface area (TPSA) is 0 Å². The largest absolute Gasteiger partial charge is 0.0916 e. The lowest BCUT2D eigenvalue weighted by Gasteiger charge is -2.20. The smallest absolute Gasteiger partial charge is 0.0285 e. The van der Waals surface area contributed by atoms with Gasteiger partial charge in [0.1, 0.15) is 0 Å². The molecule has 64 valence electrons. The Labute approximate surface area is 71.0 Å². The highest BCUT2D eigenvalue weighted by Gasteiger charge is 2.12. The summed E-state index contributed by atoms with van der Waals surface area (Å²) in [6, 6.07) is 0. The highest BCUT2D eigenvalue weighted by atomic mass is 14.2. The molecule has 0 saturated carbocycles. The second kappa shape index (κ2) is 5.17. The fourth-order valence-electron chi connectivity index (χ4n) is 0.957. The number of rotatable bonds is 4. The van der Waals surface area contributed by atoms with E-state index >= 15 is 0 Å². The van der Waals surface area contributed by atoms with Crippen molar-refractivity contribution in [3.8, 4) is 0 Å². The predicted molar refractivity (Wildman–Crippen MR) is 52.6 cm³/mol. The maximum absolute atomic E-state index is 2.30. The minimum atomic E-state index is 0.430. The summed E-state index contributed by atoms with van der Waals surface area (Å²) in [5, 5.41) is 0. The molecule has 0 aliphatic heterocycles. The molecule has 0 aromatic heterocycles. The quantitative estimate of drug-likeness (QED) is 0.535. The maximum atomic E-state index is 2.30. The molecule has 0 unspecified atom stereocenters. The molecule has 0 aromatic carbocycles. The zero-order chi connectivity index (χ0) is 8.74. The van der Waals surface area contributed by atoms with E-state index in [1.54, 1.807) is 0 Å². The summed E-state index contributed by atoms with van der Waals surface area (Å²) in [4.78, 5) is 0. The maximum Gasteiger partial charge on any atom is -0.0285 e. The SMILES string of the molecule is C/C=C/CC(C)(C)C/C=C/C. The Kier molecular flexibility index (Phi) is 4.93. The van der Waals surface area contributed by atoms with Gasteiger partial charge in [0, 0.05) is 0 Å². The average molecular weight is 152 g/mol. The fourth-order valence-corrected chi connectivity index (χ4v) is 0.957. The zero-order valence-corrected chi connectivity index (χ0v) is 8.22. The average Bonchev–Trinajstić information content (AvgIpc) is 1.97. The van der Waals surface area contributed by atoms with Crippen LogP contribution in [-0.4, -0.2) is 0 Å². The summed E-state index contributed by atoms with van der Waals surface area (Å²) in [7, 11) is 0. The monoisotopic (exact) mass is 152 g/mol. The number of hydrogen-bond donors (Lipinski definition) is 0. The Bertz CT molecular complexity index is 122. The van der Waals surface area contributed by atoms with E-state index in [1.807, 2.05) is 0 Å². The molecular weight excluding hydrogens is 132 g/mol. The van der Waals surface area contributed by atoms with E-state index in [1.165, 1.54) is 12.8 Å². The van der Waals surface area contributed by atoms with Crippen molar-refractivity contribution in [3.63, 3.8) is 0 Å². The van der Waals surface area contributed by atoms with E-state index in [0.717, 1.165) is 0 Å². The molecule has 0 bridgehead atoms. The summed E-state index contributed by atoms with van der Waals surface area (Å²) in [5.74, 6) is 0. The molecule has 0 heterocycles. The van der Waals surface area contributed by atoms with Gasteiger partial charge in [0.25, 0.3) is 0 Å². The first-order valence-electron chi connectivity index (χ1n) is 4.34. The van der Waals surface area contributed by atoms with Crippen LogP contribution in [0.1, 0.15) is 40.5 Å². The minimum absolute atomic E-state index is 0.430. The van der Waals surface area contributed by atoms with Crippen LogP contribution < -0.4 is 0 Å². The third-order valence-electron chi connectivity index (χ3n) is 1.81. The highest BCUT2D eigenvalue weighted by molar-refractivity contribution is 4.90. The molecule has 0 saturated heterocycles. The van der Waals surface area contributed by atoms with Crippen molar-refractivity contribution in [2.45, 2.75) is 40.5 Å². The Morgan fingerprint density at radius 1 is 0.909 bits per heavy atom. The molecule has 0 atom stereocenters. The fraction of sp³-hybridized carbons (Fsp3) is 0.636. The molecule has 0 aliphatic rings. The van der Waals surface area contributed by atoms with Gasteiger partial charge in [0.15, 0.2) is 0 Å². The standard InChI is InChI=1S/C11H20/c1-5-7-9-11(3,4)10-8-6-2/h5-8H,9-10H2,1-4H3/b7-5+,8-6+. The van der Waals surface area contributed by atoms with Crippen LogP contribution >= 0.6 is 0 Å². The first-order valence-corrected chi connectivity index (χ1v) is 4.34. The van der Waals surface area contributed by atoms with Crippen LogP contribution in [0.3, 0.4) is 0 Å². The van der Waals surface area contributed by atoms with Crippen LogP contribution in [0.5, 0.6) is 0 Å². The van der Waals surface area contributed by atoms with Crippen molar-refractivity contribution < 1.29 is 0 Å².